The molecule has 0 aromatic heterocycles. The molecule has 1 atom stereocenters. The summed E-state index contributed by atoms with van der Waals surface area (Å²) in [6, 6.07) is 8.07. The Kier molecular flexibility index (Phi) is 5.45. The normalized spacial score (nSPS) is 14.4. The van der Waals surface area contributed by atoms with Gasteiger partial charge in [-0.1, -0.05) is 19.1 Å². The zero-order chi connectivity index (χ0) is 12.7. The summed E-state index contributed by atoms with van der Waals surface area (Å²) < 4.78 is 5.42. The minimum Gasteiger partial charge on any atom is -0.494 e. The maximum atomic E-state index is 9.16. The first-order chi connectivity index (χ1) is 8.16. The number of hydrogen-bond donors (Lipinski definition) is 2. The minimum atomic E-state index is -0.172. The molecule has 0 fully saturated rings. The fraction of sp³-hybridized carbons (Fsp3) is 0.571. The molecule has 0 aliphatic carbocycles. The standard InChI is InChI=1S/C14H23NO2/c1-4-15-14(3,10-11-16)12-6-8-13(9-7-12)17-5-2/h6-9,15-16H,4-5,10-11H2,1-3H3. The summed E-state index contributed by atoms with van der Waals surface area (Å²) in [5, 5.41) is 12.6. The van der Waals surface area contributed by atoms with E-state index in [4.69, 9.17) is 9.84 Å². The van der Waals surface area contributed by atoms with Crippen LogP contribution in [0.4, 0.5) is 0 Å². The number of rotatable bonds is 7. The van der Waals surface area contributed by atoms with Crippen molar-refractivity contribution in [2.75, 3.05) is 19.8 Å². The Hall–Kier alpha value is -1.06. The van der Waals surface area contributed by atoms with E-state index in [1.54, 1.807) is 0 Å². The average Bonchev–Trinajstić information content (AvgIpc) is 2.31. The highest BCUT2D eigenvalue weighted by atomic mass is 16.5. The Bertz CT molecular complexity index is 315. The van der Waals surface area contributed by atoms with Crippen LogP contribution in [0.5, 0.6) is 5.75 Å². The number of nitrogens with one attached hydrogen (secondary N) is 1. The molecule has 3 heteroatoms. The molecule has 1 rings (SSSR count). The van der Waals surface area contributed by atoms with Gasteiger partial charge in [0.05, 0.1) is 6.61 Å². The van der Waals surface area contributed by atoms with E-state index < -0.39 is 0 Å². The summed E-state index contributed by atoms with van der Waals surface area (Å²) in [7, 11) is 0. The fourth-order valence-electron chi connectivity index (χ4n) is 2.03. The van der Waals surface area contributed by atoms with Gasteiger partial charge in [0.25, 0.3) is 0 Å². The lowest BCUT2D eigenvalue weighted by molar-refractivity contribution is 0.223. The number of ether oxygens (including phenoxy) is 1. The zero-order valence-corrected chi connectivity index (χ0v) is 11.0. The number of benzene rings is 1. The Morgan fingerprint density at radius 1 is 1.24 bits per heavy atom. The number of aliphatic hydroxyl groups is 1. The van der Waals surface area contributed by atoms with Crippen molar-refractivity contribution in [1.82, 2.24) is 5.32 Å². The van der Waals surface area contributed by atoms with Crippen molar-refractivity contribution in [3.63, 3.8) is 0 Å². The predicted molar refractivity (Wildman–Crippen MR) is 70.3 cm³/mol. The van der Waals surface area contributed by atoms with Gasteiger partial charge in [0.1, 0.15) is 5.75 Å². The molecular formula is C14H23NO2. The van der Waals surface area contributed by atoms with Crippen LogP contribution in [0.15, 0.2) is 24.3 Å². The van der Waals surface area contributed by atoms with Gasteiger partial charge in [0, 0.05) is 12.1 Å². The van der Waals surface area contributed by atoms with E-state index in [2.05, 4.69) is 31.3 Å². The monoisotopic (exact) mass is 237 g/mol. The van der Waals surface area contributed by atoms with E-state index >= 15 is 0 Å². The Morgan fingerprint density at radius 3 is 2.35 bits per heavy atom. The van der Waals surface area contributed by atoms with Crippen molar-refractivity contribution in [2.24, 2.45) is 0 Å². The molecule has 0 saturated carbocycles. The van der Waals surface area contributed by atoms with Gasteiger partial charge in [-0.3, -0.25) is 0 Å². The summed E-state index contributed by atoms with van der Waals surface area (Å²) in [6.07, 6.45) is 0.703. The van der Waals surface area contributed by atoms with E-state index in [0.29, 0.717) is 13.0 Å². The second-order valence-corrected chi connectivity index (χ2v) is 4.29. The third-order valence-corrected chi connectivity index (χ3v) is 2.98. The molecule has 0 heterocycles. The van der Waals surface area contributed by atoms with E-state index in [1.807, 2.05) is 19.1 Å². The first kappa shape index (κ1) is 14.0. The van der Waals surface area contributed by atoms with Gasteiger partial charge in [-0.2, -0.15) is 0 Å². The van der Waals surface area contributed by atoms with Crippen molar-refractivity contribution in [3.05, 3.63) is 29.8 Å². The Labute approximate surface area is 104 Å². The molecule has 0 aliphatic heterocycles. The second kappa shape index (κ2) is 6.62. The summed E-state index contributed by atoms with van der Waals surface area (Å²) in [4.78, 5) is 0. The van der Waals surface area contributed by atoms with Crippen molar-refractivity contribution >= 4 is 0 Å². The maximum Gasteiger partial charge on any atom is 0.119 e. The highest BCUT2D eigenvalue weighted by Gasteiger charge is 2.24. The third-order valence-electron chi connectivity index (χ3n) is 2.98. The molecule has 17 heavy (non-hydrogen) atoms. The smallest absolute Gasteiger partial charge is 0.119 e. The van der Waals surface area contributed by atoms with Gasteiger partial charge in [0.2, 0.25) is 0 Å². The molecule has 96 valence electrons. The van der Waals surface area contributed by atoms with Crippen molar-refractivity contribution in [1.29, 1.82) is 0 Å². The lowest BCUT2D eigenvalue weighted by Crippen LogP contribution is -2.40. The molecule has 0 aliphatic rings. The van der Waals surface area contributed by atoms with Gasteiger partial charge >= 0.3 is 0 Å². The van der Waals surface area contributed by atoms with Crippen LogP contribution in [-0.2, 0) is 5.54 Å². The van der Waals surface area contributed by atoms with E-state index in [9.17, 15) is 0 Å². The van der Waals surface area contributed by atoms with Crippen LogP contribution in [0, 0.1) is 0 Å². The molecule has 0 bridgehead atoms. The van der Waals surface area contributed by atoms with Crippen molar-refractivity contribution < 1.29 is 9.84 Å². The quantitative estimate of drug-likeness (QED) is 0.764. The van der Waals surface area contributed by atoms with Gasteiger partial charge < -0.3 is 15.2 Å². The van der Waals surface area contributed by atoms with Gasteiger partial charge in [-0.15, -0.1) is 0 Å². The topological polar surface area (TPSA) is 41.5 Å². The molecule has 0 amide bonds. The molecule has 1 unspecified atom stereocenters. The minimum absolute atomic E-state index is 0.172. The molecule has 2 N–H and O–H groups in total. The van der Waals surface area contributed by atoms with Gasteiger partial charge in [-0.25, -0.2) is 0 Å². The lowest BCUT2D eigenvalue weighted by Gasteiger charge is -2.30. The van der Waals surface area contributed by atoms with E-state index in [1.165, 1.54) is 5.56 Å². The molecule has 1 aromatic rings. The first-order valence-electron chi connectivity index (χ1n) is 6.25. The summed E-state index contributed by atoms with van der Waals surface area (Å²) in [6.45, 7) is 7.90. The van der Waals surface area contributed by atoms with E-state index in [0.717, 1.165) is 12.3 Å². The van der Waals surface area contributed by atoms with Crippen LogP contribution in [0.3, 0.4) is 0 Å². The molecule has 3 nitrogen and oxygen atoms in total. The Morgan fingerprint density at radius 2 is 1.88 bits per heavy atom. The number of aliphatic hydroxyl groups excluding tert-OH is 1. The highest BCUT2D eigenvalue weighted by Crippen LogP contribution is 2.26. The van der Waals surface area contributed by atoms with Crippen LogP contribution >= 0.6 is 0 Å². The van der Waals surface area contributed by atoms with Crippen molar-refractivity contribution in [3.8, 4) is 5.75 Å². The van der Waals surface area contributed by atoms with Crippen LogP contribution < -0.4 is 10.1 Å². The lowest BCUT2D eigenvalue weighted by atomic mass is 9.89. The van der Waals surface area contributed by atoms with Gasteiger partial charge in [-0.05, 0) is 44.5 Å². The zero-order valence-electron chi connectivity index (χ0n) is 11.0. The van der Waals surface area contributed by atoms with E-state index in [-0.39, 0.29) is 12.1 Å². The highest BCUT2D eigenvalue weighted by molar-refractivity contribution is 5.31. The number of hydrogen-bond acceptors (Lipinski definition) is 3. The maximum absolute atomic E-state index is 9.16. The van der Waals surface area contributed by atoms with Gasteiger partial charge in [0.15, 0.2) is 0 Å². The summed E-state index contributed by atoms with van der Waals surface area (Å²) in [5.41, 5.74) is 1.01. The SMILES string of the molecule is CCNC(C)(CCO)c1ccc(OCC)cc1. The molecule has 0 saturated heterocycles. The first-order valence-corrected chi connectivity index (χ1v) is 6.25. The van der Waals surface area contributed by atoms with Crippen LogP contribution in [0.25, 0.3) is 0 Å². The van der Waals surface area contributed by atoms with Crippen LogP contribution in [0.1, 0.15) is 32.8 Å². The molecular weight excluding hydrogens is 214 g/mol. The van der Waals surface area contributed by atoms with Crippen molar-refractivity contribution in [2.45, 2.75) is 32.7 Å². The van der Waals surface area contributed by atoms with Crippen LogP contribution in [-0.4, -0.2) is 24.9 Å². The third kappa shape index (κ3) is 3.72. The fourth-order valence-corrected chi connectivity index (χ4v) is 2.03. The molecule has 0 spiro atoms. The van der Waals surface area contributed by atoms with Crippen LogP contribution in [0.2, 0.25) is 0 Å². The average molecular weight is 237 g/mol. The second-order valence-electron chi connectivity index (χ2n) is 4.29. The Balaban J connectivity index is 2.87. The summed E-state index contributed by atoms with van der Waals surface area (Å²) >= 11 is 0. The summed E-state index contributed by atoms with van der Waals surface area (Å²) in [5.74, 6) is 0.888. The predicted octanol–water partition coefficient (Wildman–Crippen LogP) is 2.29. The largest absolute Gasteiger partial charge is 0.494 e. The molecule has 1 aromatic carbocycles. The molecule has 0 radical (unpaired) electrons.